The van der Waals surface area contributed by atoms with Gasteiger partial charge in [0.2, 0.25) is 10.0 Å². The van der Waals surface area contributed by atoms with Crippen LogP contribution in [0, 0.1) is 0 Å². The molecule has 1 aromatic carbocycles. The molecule has 0 unspecified atom stereocenters. The van der Waals surface area contributed by atoms with E-state index >= 15 is 0 Å². The Morgan fingerprint density at radius 3 is 2.57 bits per heavy atom. The van der Waals surface area contributed by atoms with Crippen molar-refractivity contribution >= 4 is 27.5 Å². The number of hydrogen-bond acceptors (Lipinski definition) is 5. The molecule has 23 heavy (non-hydrogen) atoms. The number of rotatable bonds is 2. The van der Waals surface area contributed by atoms with Crippen molar-refractivity contribution in [3.63, 3.8) is 0 Å². The van der Waals surface area contributed by atoms with Crippen molar-refractivity contribution in [2.24, 2.45) is 0 Å². The van der Waals surface area contributed by atoms with Gasteiger partial charge in [0.15, 0.2) is 6.61 Å². The number of amides is 2. The Hall–Kier alpha value is -2.13. The van der Waals surface area contributed by atoms with E-state index in [2.05, 4.69) is 5.32 Å². The van der Waals surface area contributed by atoms with Crippen molar-refractivity contribution in [3.05, 3.63) is 23.8 Å². The van der Waals surface area contributed by atoms with E-state index in [0.717, 1.165) is 6.26 Å². The number of nitrogens with zero attached hydrogens (tertiary/aromatic N) is 2. The highest BCUT2D eigenvalue weighted by molar-refractivity contribution is 7.88. The van der Waals surface area contributed by atoms with Gasteiger partial charge >= 0.3 is 0 Å². The summed E-state index contributed by atoms with van der Waals surface area (Å²) in [6.07, 6.45) is 1.16. The first-order chi connectivity index (χ1) is 10.8. The molecule has 0 bridgehead atoms. The summed E-state index contributed by atoms with van der Waals surface area (Å²) in [5, 5.41) is 2.66. The molecule has 124 valence electrons. The molecule has 2 heterocycles. The molecule has 2 aliphatic heterocycles. The van der Waals surface area contributed by atoms with Crippen LogP contribution in [-0.2, 0) is 14.8 Å². The molecule has 0 spiro atoms. The maximum atomic E-state index is 12.5. The smallest absolute Gasteiger partial charge is 0.262 e. The minimum Gasteiger partial charge on any atom is -0.482 e. The third kappa shape index (κ3) is 3.30. The first-order valence-electron chi connectivity index (χ1n) is 7.16. The lowest BCUT2D eigenvalue weighted by Gasteiger charge is -2.33. The predicted molar refractivity (Wildman–Crippen MR) is 82.9 cm³/mol. The summed E-state index contributed by atoms with van der Waals surface area (Å²) in [5.74, 6) is 0.0766. The molecule has 2 aliphatic rings. The normalized spacial score (nSPS) is 18.8. The molecule has 0 aromatic heterocycles. The molecule has 0 radical (unpaired) electrons. The maximum absolute atomic E-state index is 12.5. The number of nitrogens with one attached hydrogen (secondary N) is 1. The summed E-state index contributed by atoms with van der Waals surface area (Å²) in [5.41, 5.74) is 0.907. The number of piperazine rings is 1. The van der Waals surface area contributed by atoms with Gasteiger partial charge in [0.25, 0.3) is 11.8 Å². The quantitative estimate of drug-likeness (QED) is 0.800. The third-order valence-corrected chi connectivity index (χ3v) is 5.16. The Labute approximate surface area is 134 Å². The molecule has 3 rings (SSSR count). The number of benzene rings is 1. The summed E-state index contributed by atoms with van der Waals surface area (Å²) >= 11 is 0. The summed E-state index contributed by atoms with van der Waals surface area (Å²) in [6.45, 7) is 1.22. The number of ether oxygens (including phenoxy) is 1. The molecule has 1 fully saturated rings. The number of anilines is 1. The molecule has 1 aromatic rings. The fourth-order valence-electron chi connectivity index (χ4n) is 2.62. The molecule has 1 N–H and O–H groups in total. The lowest BCUT2D eigenvalue weighted by Crippen LogP contribution is -2.50. The topological polar surface area (TPSA) is 96.0 Å². The van der Waals surface area contributed by atoms with Gasteiger partial charge in [-0.1, -0.05) is 0 Å². The molecule has 0 saturated carbocycles. The van der Waals surface area contributed by atoms with Gasteiger partial charge in [0.1, 0.15) is 5.75 Å². The van der Waals surface area contributed by atoms with Gasteiger partial charge in [-0.2, -0.15) is 4.31 Å². The van der Waals surface area contributed by atoms with Crippen molar-refractivity contribution in [2.45, 2.75) is 0 Å². The molecule has 8 nitrogen and oxygen atoms in total. The summed E-state index contributed by atoms with van der Waals surface area (Å²) in [4.78, 5) is 25.5. The van der Waals surface area contributed by atoms with Crippen LogP contribution >= 0.6 is 0 Å². The van der Waals surface area contributed by atoms with Crippen LogP contribution in [0.15, 0.2) is 18.2 Å². The zero-order valence-corrected chi connectivity index (χ0v) is 13.4. The Bertz CT molecular complexity index is 754. The Kier molecular flexibility index (Phi) is 3.99. The highest BCUT2D eigenvalue weighted by atomic mass is 32.2. The van der Waals surface area contributed by atoms with E-state index in [1.165, 1.54) is 4.31 Å². The number of sulfonamides is 1. The van der Waals surface area contributed by atoms with E-state index in [-0.39, 0.29) is 31.5 Å². The zero-order valence-electron chi connectivity index (χ0n) is 12.6. The lowest BCUT2D eigenvalue weighted by molar-refractivity contribution is -0.118. The molecule has 9 heteroatoms. The predicted octanol–water partition coefficient (Wildman–Crippen LogP) is -0.265. The van der Waals surface area contributed by atoms with Gasteiger partial charge in [0, 0.05) is 31.7 Å². The van der Waals surface area contributed by atoms with Crippen LogP contribution < -0.4 is 10.1 Å². The third-order valence-electron chi connectivity index (χ3n) is 3.85. The molecule has 2 amide bonds. The van der Waals surface area contributed by atoms with Crippen molar-refractivity contribution < 1.29 is 22.7 Å². The van der Waals surface area contributed by atoms with Crippen LogP contribution in [0.3, 0.4) is 0 Å². The Morgan fingerprint density at radius 1 is 1.22 bits per heavy atom. The van der Waals surface area contributed by atoms with E-state index in [4.69, 9.17) is 4.74 Å². The highest BCUT2D eigenvalue weighted by Gasteiger charge is 2.27. The number of hydrogen-bond donors (Lipinski definition) is 1. The monoisotopic (exact) mass is 339 g/mol. The van der Waals surface area contributed by atoms with Crippen molar-refractivity contribution in [2.75, 3.05) is 44.4 Å². The fourth-order valence-corrected chi connectivity index (χ4v) is 3.45. The van der Waals surface area contributed by atoms with Crippen LogP contribution in [0.5, 0.6) is 5.75 Å². The Balaban J connectivity index is 1.72. The first kappa shape index (κ1) is 15.8. The minimum atomic E-state index is -3.23. The van der Waals surface area contributed by atoms with Crippen LogP contribution in [-0.4, -0.2) is 68.5 Å². The van der Waals surface area contributed by atoms with Crippen molar-refractivity contribution in [1.82, 2.24) is 9.21 Å². The van der Waals surface area contributed by atoms with Crippen LogP contribution in [0.2, 0.25) is 0 Å². The lowest BCUT2D eigenvalue weighted by atomic mass is 10.1. The van der Waals surface area contributed by atoms with Gasteiger partial charge in [-0.25, -0.2) is 8.42 Å². The van der Waals surface area contributed by atoms with Gasteiger partial charge in [-0.3, -0.25) is 9.59 Å². The van der Waals surface area contributed by atoms with Gasteiger partial charge in [-0.15, -0.1) is 0 Å². The van der Waals surface area contributed by atoms with E-state index in [1.54, 1.807) is 23.1 Å². The van der Waals surface area contributed by atoms with E-state index < -0.39 is 10.0 Å². The van der Waals surface area contributed by atoms with Crippen LogP contribution in [0.4, 0.5) is 5.69 Å². The molecule has 0 atom stereocenters. The number of carbonyl (C=O) groups excluding carboxylic acids is 2. The highest BCUT2D eigenvalue weighted by Crippen LogP contribution is 2.29. The Morgan fingerprint density at radius 2 is 1.91 bits per heavy atom. The van der Waals surface area contributed by atoms with Crippen LogP contribution in [0.1, 0.15) is 10.4 Å². The van der Waals surface area contributed by atoms with Crippen molar-refractivity contribution in [3.8, 4) is 5.75 Å². The number of fused-ring (bicyclic) bond motifs is 1. The zero-order chi connectivity index (χ0) is 16.6. The standard InChI is InChI=1S/C14H17N3O5S/c1-23(20,21)17-6-4-16(5-7-17)14(19)10-2-3-12-11(8-10)15-13(18)9-22-12/h2-3,8H,4-7,9H2,1H3,(H,15,18). The molecule has 0 aliphatic carbocycles. The second-order valence-corrected chi connectivity index (χ2v) is 7.48. The van der Waals surface area contributed by atoms with Crippen molar-refractivity contribution in [1.29, 1.82) is 0 Å². The average molecular weight is 339 g/mol. The van der Waals surface area contributed by atoms with Gasteiger partial charge < -0.3 is 15.0 Å². The van der Waals surface area contributed by atoms with Gasteiger partial charge in [0.05, 0.1) is 11.9 Å². The largest absolute Gasteiger partial charge is 0.482 e. The second-order valence-electron chi connectivity index (χ2n) is 5.50. The van der Waals surface area contributed by atoms with Crippen LogP contribution in [0.25, 0.3) is 0 Å². The summed E-state index contributed by atoms with van der Waals surface area (Å²) in [6, 6.07) is 4.87. The van der Waals surface area contributed by atoms with E-state index in [0.29, 0.717) is 30.1 Å². The summed E-state index contributed by atoms with van der Waals surface area (Å²) < 4.78 is 29.6. The number of carbonyl (C=O) groups is 2. The average Bonchev–Trinajstić information content (AvgIpc) is 2.52. The first-order valence-corrected chi connectivity index (χ1v) is 9.00. The molecular weight excluding hydrogens is 322 g/mol. The fraction of sp³-hybridized carbons (Fsp3) is 0.429. The van der Waals surface area contributed by atoms with Gasteiger partial charge in [-0.05, 0) is 18.2 Å². The van der Waals surface area contributed by atoms with E-state index in [1.807, 2.05) is 0 Å². The second kappa shape index (κ2) is 5.82. The molecule has 1 saturated heterocycles. The minimum absolute atomic E-state index is 0.0340. The van der Waals surface area contributed by atoms with E-state index in [9.17, 15) is 18.0 Å². The molecular formula is C14H17N3O5S. The summed E-state index contributed by atoms with van der Waals surface area (Å²) in [7, 11) is -3.23. The SMILES string of the molecule is CS(=O)(=O)N1CCN(C(=O)c2ccc3c(c2)NC(=O)CO3)CC1. The maximum Gasteiger partial charge on any atom is 0.262 e.